The van der Waals surface area contributed by atoms with Crippen LogP contribution in [0.5, 0.6) is 0 Å². The third kappa shape index (κ3) is 9.09. The number of para-hydroxylation sites is 1. The summed E-state index contributed by atoms with van der Waals surface area (Å²) in [4.78, 5) is 54.9. The van der Waals surface area contributed by atoms with Crippen molar-refractivity contribution in [2.45, 2.75) is 57.3 Å². The van der Waals surface area contributed by atoms with Gasteiger partial charge in [-0.2, -0.15) is 11.8 Å². The van der Waals surface area contributed by atoms with Gasteiger partial charge in [0.2, 0.25) is 17.7 Å². The van der Waals surface area contributed by atoms with Gasteiger partial charge >= 0.3 is 5.97 Å². The van der Waals surface area contributed by atoms with Crippen LogP contribution in [0.25, 0.3) is 10.9 Å². The van der Waals surface area contributed by atoms with Crippen LogP contribution in [0.2, 0.25) is 0 Å². The summed E-state index contributed by atoms with van der Waals surface area (Å²) in [5.41, 5.74) is 8.71. The van der Waals surface area contributed by atoms with Crippen molar-refractivity contribution in [2.24, 2.45) is 11.7 Å². The molecule has 4 atom stereocenters. The van der Waals surface area contributed by atoms with Crippen LogP contribution in [-0.4, -0.2) is 70.0 Å². The molecule has 11 heteroatoms. The van der Waals surface area contributed by atoms with Crippen LogP contribution in [0.15, 0.2) is 60.8 Å². The predicted octanol–water partition coefficient (Wildman–Crippen LogP) is 2.23. The Labute approximate surface area is 244 Å². The molecule has 220 valence electrons. The molecule has 1 aromatic heterocycles. The van der Waals surface area contributed by atoms with Gasteiger partial charge in [0.25, 0.3) is 0 Å². The Morgan fingerprint density at radius 2 is 1.51 bits per heavy atom. The van der Waals surface area contributed by atoms with Crippen molar-refractivity contribution in [2.75, 3.05) is 12.0 Å². The molecule has 2 aromatic carbocycles. The van der Waals surface area contributed by atoms with Crippen LogP contribution in [0, 0.1) is 5.92 Å². The van der Waals surface area contributed by atoms with Crippen molar-refractivity contribution >= 4 is 46.4 Å². The first-order chi connectivity index (χ1) is 19.6. The van der Waals surface area contributed by atoms with Gasteiger partial charge in [-0.3, -0.25) is 14.4 Å². The average Bonchev–Trinajstić information content (AvgIpc) is 3.36. The minimum absolute atomic E-state index is 0.114. The van der Waals surface area contributed by atoms with E-state index in [0.29, 0.717) is 18.6 Å². The van der Waals surface area contributed by atoms with Crippen molar-refractivity contribution in [3.63, 3.8) is 0 Å². The van der Waals surface area contributed by atoms with Crippen LogP contribution < -0.4 is 21.7 Å². The van der Waals surface area contributed by atoms with Crippen molar-refractivity contribution < 1.29 is 24.3 Å². The molecule has 0 saturated heterocycles. The van der Waals surface area contributed by atoms with Crippen LogP contribution in [-0.2, 0) is 32.0 Å². The second kappa shape index (κ2) is 15.2. The normalized spacial score (nSPS) is 14.2. The topological polar surface area (TPSA) is 166 Å². The average molecular weight is 582 g/mol. The number of fused-ring (bicyclic) bond motifs is 1. The molecule has 3 amide bonds. The van der Waals surface area contributed by atoms with Gasteiger partial charge in [0.05, 0.1) is 6.04 Å². The summed E-state index contributed by atoms with van der Waals surface area (Å²) in [5, 5.41) is 18.6. The monoisotopic (exact) mass is 581 g/mol. The van der Waals surface area contributed by atoms with Gasteiger partial charge < -0.3 is 31.8 Å². The maximum atomic E-state index is 13.5. The molecule has 0 aliphatic rings. The van der Waals surface area contributed by atoms with Gasteiger partial charge in [0.15, 0.2) is 0 Å². The standard InChI is InChI=1S/C30H39N5O5S/c1-18(2)26(30(39)40)35-29(38)25(16-20-17-32-23-12-8-7-11-21(20)23)34-28(37)24(13-14-41-3)33-27(36)22(31)15-19-9-5-4-6-10-19/h4-12,17-18,22,24-26,32H,13-16,31H2,1-3H3,(H,33,36)(H,34,37)(H,35,38)(H,39,40). The molecular weight excluding hydrogens is 542 g/mol. The number of hydrogen-bond acceptors (Lipinski definition) is 6. The molecule has 3 rings (SSSR count). The third-order valence-corrected chi connectivity index (χ3v) is 7.49. The summed E-state index contributed by atoms with van der Waals surface area (Å²) in [7, 11) is 0. The number of thioether (sulfide) groups is 1. The lowest BCUT2D eigenvalue weighted by Gasteiger charge is -2.26. The van der Waals surface area contributed by atoms with E-state index >= 15 is 0 Å². The Morgan fingerprint density at radius 1 is 0.878 bits per heavy atom. The molecular formula is C30H39N5O5S. The molecule has 0 radical (unpaired) electrons. The lowest BCUT2D eigenvalue weighted by atomic mass is 10.0. The van der Waals surface area contributed by atoms with Crippen molar-refractivity contribution in [1.82, 2.24) is 20.9 Å². The molecule has 0 aliphatic heterocycles. The number of nitrogens with two attached hydrogens (primary N) is 1. The van der Waals surface area contributed by atoms with Gasteiger partial charge in [-0.25, -0.2) is 4.79 Å². The lowest BCUT2D eigenvalue weighted by Crippen LogP contribution is -2.58. The summed E-state index contributed by atoms with van der Waals surface area (Å²) in [5.74, 6) is -2.60. The fourth-order valence-corrected chi connectivity index (χ4v) is 4.98. The maximum absolute atomic E-state index is 13.5. The number of aliphatic carboxylic acids is 1. The van der Waals surface area contributed by atoms with Crippen LogP contribution in [0.4, 0.5) is 0 Å². The van der Waals surface area contributed by atoms with Gasteiger partial charge in [0.1, 0.15) is 18.1 Å². The molecule has 7 N–H and O–H groups in total. The smallest absolute Gasteiger partial charge is 0.326 e. The van der Waals surface area contributed by atoms with E-state index in [1.165, 1.54) is 11.8 Å². The molecule has 3 aromatic rings. The van der Waals surface area contributed by atoms with E-state index in [1.54, 1.807) is 20.0 Å². The minimum atomic E-state index is -1.16. The number of nitrogens with one attached hydrogen (secondary N) is 4. The Bertz CT molecular complexity index is 1330. The number of hydrogen-bond donors (Lipinski definition) is 6. The number of H-pyrrole nitrogens is 1. The van der Waals surface area contributed by atoms with E-state index in [-0.39, 0.29) is 12.3 Å². The Morgan fingerprint density at radius 3 is 2.17 bits per heavy atom. The molecule has 0 spiro atoms. The third-order valence-electron chi connectivity index (χ3n) is 6.84. The summed E-state index contributed by atoms with van der Waals surface area (Å²) in [6, 6.07) is 12.9. The van der Waals surface area contributed by atoms with E-state index in [1.807, 2.05) is 60.9 Å². The number of carboxylic acid groups (broad SMARTS) is 1. The fraction of sp³-hybridized carbons (Fsp3) is 0.400. The highest BCUT2D eigenvalue weighted by Crippen LogP contribution is 2.19. The molecule has 4 unspecified atom stereocenters. The largest absolute Gasteiger partial charge is 0.480 e. The van der Waals surface area contributed by atoms with Gasteiger partial charge in [-0.05, 0) is 48.0 Å². The number of carbonyl (C=O) groups is 4. The van der Waals surface area contributed by atoms with E-state index in [9.17, 15) is 24.3 Å². The number of carboxylic acids is 1. The van der Waals surface area contributed by atoms with Crippen LogP contribution >= 0.6 is 11.8 Å². The number of aromatic nitrogens is 1. The molecule has 0 fully saturated rings. The zero-order valence-corrected chi connectivity index (χ0v) is 24.4. The molecule has 41 heavy (non-hydrogen) atoms. The SMILES string of the molecule is CSCCC(NC(=O)C(N)Cc1ccccc1)C(=O)NC(Cc1c[nH]c2ccccc12)C(=O)NC(C(=O)O)C(C)C. The zero-order valence-electron chi connectivity index (χ0n) is 23.6. The first-order valence-electron chi connectivity index (χ1n) is 13.6. The Hall–Kier alpha value is -3.83. The van der Waals surface area contributed by atoms with Gasteiger partial charge in [-0.15, -0.1) is 0 Å². The summed E-state index contributed by atoms with van der Waals surface area (Å²) >= 11 is 1.52. The molecule has 0 saturated carbocycles. The number of aromatic amines is 1. The summed E-state index contributed by atoms with van der Waals surface area (Å²) in [6.07, 6.45) is 4.40. The zero-order chi connectivity index (χ0) is 29.9. The summed E-state index contributed by atoms with van der Waals surface area (Å²) < 4.78 is 0. The molecule has 10 nitrogen and oxygen atoms in total. The quantitative estimate of drug-likeness (QED) is 0.160. The van der Waals surface area contributed by atoms with Gasteiger partial charge in [-0.1, -0.05) is 62.4 Å². The van der Waals surface area contributed by atoms with Crippen molar-refractivity contribution in [3.05, 3.63) is 71.9 Å². The Kier molecular flexibility index (Phi) is 11.8. The second-order valence-electron chi connectivity index (χ2n) is 10.3. The highest BCUT2D eigenvalue weighted by molar-refractivity contribution is 7.98. The predicted molar refractivity (Wildman–Crippen MR) is 161 cm³/mol. The molecule has 0 aliphatic carbocycles. The first-order valence-corrected chi connectivity index (χ1v) is 15.0. The van der Waals surface area contributed by atoms with E-state index in [0.717, 1.165) is 22.0 Å². The molecule has 1 heterocycles. The summed E-state index contributed by atoms with van der Waals surface area (Å²) in [6.45, 7) is 3.39. The fourth-order valence-electron chi connectivity index (χ4n) is 4.51. The highest BCUT2D eigenvalue weighted by atomic mass is 32.2. The second-order valence-corrected chi connectivity index (χ2v) is 11.3. The number of rotatable bonds is 15. The number of amides is 3. The van der Waals surface area contributed by atoms with Crippen molar-refractivity contribution in [1.29, 1.82) is 0 Å². The first kappa shape index (κ1) is 31.7. The highest BCUT2D eigenvalue weighted by Gasteiger charge is 2.32. The maximum Gasteiger partial charge on any atom is 0.326 e. The minimum Gasteiger partial charge on any atom is -0.480 e. The number of benzene rings is 2. The number of carbonyl (C=O) groups excluding carboxylic acids is 3. The van der Waals surface area contributed by atoms with E-state index < -0.39 is 47.9 Å². The lowest BCUT2D eigenvalue weighted by molar-refractivity contribution is -0.143. The van der Waals surface area contributed by atoms with E-state index in [4.69, 9.17) is 5.73 Å². The molecule has 0 bridgehead atoms. The van der Waals surface area contributed by atoms with Crippen molar-refractivity contribution in [3.8, 4) is 0 Å². The Balaban J connectivity index is 1.80. The van der Waals surface area contributed by atoms with Crippen LogP contribution in [0.3, 0.4) is 0 Å². The van der Waals surface area contributed by atoms with E-state index in [2.05, 4.69) is 20.9 Å². The van der Waals surface area contributed by atoms with Crippen LogP contribution in [0.1, 0.15) is 31.4 Å². The van der Waals surface area contributed by atoms with Gasteiger partial charge in [0, 0.05) is 23.5 Å².